The van der Waals surface area contributed by atoms with Crippen molar-refractivity contribution in [3.8, 4) is 0 Å². The molecule has 1 atom stereocenters. The molecule has 0 radical (unpaired) electrons. The van der Waals surface area contributed by atoms with E-state index in [-0.39, 0.29) is 0 Å². The van der Waals surface area contributed by atoms with Gasteiger partial charge in [0.25, 0.3) is 0 Å². The molecule has 0 aromatic carbocycles. The van der Waals surface area contributed by atoms with Crippen LogP contribution in [-0.2, 0) is 0 Å². The lowest BCUT2D eigenvalue weighted by atomic mass is 9.82. The summed E-state index contributed by atoms with van der Waals surface area (Å²) in [5.74, 6) is 1.04. The Labute approximate surface area is 82.3 Å². The van der Waals surface area contributed by atoms with E-state index in [0.717, 1.165) is 5.92 Å². The van der Waals surface area contributed by atoms with Gasteiger partial charge in [-0.25, -0.2) is 0 Å². The van der Waals surface area contributed by atoms with Gasteiger partial charge < -0.3 is 5.32 Å². The molecule has 2 aliphatic rings. The molecule has 1 saturated heterocycles. The van der Waals surface area contributed by atoms with Gasteiger partial charge in [-0.05, 0) is 38.6 Å². The first-order chi connectivity index (χ1) is 6.29. The SMILES string of the molecule is CC1(CC2CCCC2)CCCCN1. The van der Waals surface area contributed by atoms with Gasteiger partial charge in [-0.15, -0.1) is 0 Å². The molecule has 1 heterocycles. The van der Waals surface area contributed by atoms with E-state index in [0.29, 0.717) is 5.54 Å². The van der Waals surface area contributed by atoms with Crippen molar-refractivity contribution in [2.24, 2.45) is 5.92 Å². The number of rotatable bonds is 2. The molecule has 1 aliphatic heterocycles. The fraction of sp³-hybridized carbons (Fsp3) is 1.00. The van der Waals surface area contributed by atoms with Gasteiger partial charge in [0, 0.05) is 5.54 Å². The summed E-state index contributed by atoms with van der Waals surface area (Å²) in [5, 5.41) is 3.72. The van der Waals surface area contributed by atoms with Gasteiger partial charge in [0.2, 0.25) is 0 Å². The monoisotopic (exact) mass is 181 g/mol. The Morgan fingerprint density at radius 1 is 1.15 bits per heavy atom. The molecule has 0 aromatic rings. The Balaban J connectivity index is 1.83. The second-order valence-electron chi connectivity index (χ2n) is 5.30. The summed E-state index contributed by atoms with van der Waals surface area (Å²) in [6.45, 7) is 3.69. The van der Waals surface area contributed by atoms with Crippen LogP contribution in [0.3, 0.4) is 0 Å². The first kappa shape index (κ1) is 9.51. The second-order valence-corrected chi connectivity index (χ2v) is 5.30. The van der Waals surface area contributed by atoms with Crippen LogP contribution >= 0.6 is 0 Å². The van der Waals surface area contributed by atoms with E-state index < -0.39 is 0 Å². The van der Waals surface area contributed by atoms with Crippen LogP contribution in [-0.4, -0.2) is 12.1 Å². The summed E-state index contributed by atoms with van der Waals surface area (Å²) in [4.78, 5) is 0. The number of hydrogen-bond acceptors (Lipinski definition) is 1. The average molecular weight is 181 g/mol. The Morgan fingerprint density at radius 3 is 2.54 bits per heavy atom. The van der Waals surface area contributed by atoms with Gasteiger partial charge in [0.05, 0.1) is 0 Å². The van der Waals surface area contributed by atoms with E-state index in [2.05, 4.69) is 12.2 Å². The van der Waals surface area contributed by atoms with Crippen LogP contribution in [0.1, 0.15) is 58.3 Å². The van der Waals surface area contributed by atoms with Gasteiger partial charge in [-0.2, -0.15) is 0 Å². The van der Waals surface area contributed by atoms with Crippen LogP contribution in [0.25, 0.3) is 0 Å². The van der Waals surface area contributed by atoms with E-state index in [9.17, 15) is 0 Å². The Hall–Kier alpha value is -0.0400. The quantitative estimate of drug-likeness (QED) is 0.690. The predicted molar refractivity (Wildman–Crippen MR) is 56.8 cm³/mol. The highest BCUT2D eigenvalue weighted by Gasteiger charge is 2.30. The van der Waals surface area contributed by atoms with Crippen LogP contribution in [0.5, 0.6) is 0 Å². The first-order valence-corrected chi connectivity index (χ1v) is 6.04. The van der Waals surface area contributed by atoms with Crippen LogP contribution in [0.4, 0.5) is 0 Å². The largest absolute Gasteiger partial charge is 0.312 e. The lowest BCUT2D eigenvalue weighted by molar-refractivity contribution is 0.223. The number of piperidine rings is 1. The summed E-state index contributed by atoms with van der Waals surface area (Å²) < 4.78 is 0. The summed E-state index contributed by atoms with van der Waals surface area (Å²) in [6.07, 6.45) is 11.6. The van der Waals surface area contributed by atoms with Crippen molar-refractivity contribution >= 4 is 0 Å². The minimum atomic E-state index is 0.493. The molecule has 1 saturated carbocycles. The third-order valence-corrected chi connectivity index (χ3v) is 3.92. The van der Waals surface area contributed by atoms with Gasteiger partial charge in [-0.1, -0.05) is 32.1 Å². The van der Waals surface area contributed by atoms with Crippen molar-refractivity contribution in [3.05, 3.63) is 0 Å². The smallest absolute Gasteiger partial charge is 0.0156 e. The highest BCUT2D eigenvalue weighted by molar-refractivity contribution is 4.89. The Morgan fingerprint density at radius 2 is 1.92 bits per heavy atom. The van der Waals surface area contributed by atoms with Gasteiger partial charge >= 0.3 is 0 Å². The summed E-state index contributed by atoms with van der Waals surface area (Å²) in [7, 11) is 0. The third-order valence-electron chi connectivity index (χ3n) is 3.92. The number of nitrogens with one attached hydrogen (secondary N) is 1. The van der Waals surface area contributed by atoms with Crippen molar-refractivity contribution < 1.29 is 0 Å². The predicted octanol–water partition coefficient (Wildman–Crippen LogP) is 3.10. The van der Waals surface area contributed by atoms with Crippen molar-refractivity contribution in [3.63, 3.8) is 0 Å². The summed E-state index contributed by atoms with van der Waals surface area (Å²) >= 11 is 0. The van der Waals surface area contributed by atoms with Gasteiger partial charge in [0.15, 0.2) is 0 Å². The van der Waals surface area contributed by atoms with Gasteiger partial charge in [-0.3, -0.25) is 0 Å². The minimum absolute atomic E-state index is 0.493. The average Bonchev–Trinajstić information content (AvgIpc) is 2.57. The van der Waals surface area contributed by atoms with Gasteiger partial charge in [0.1, 0.15) is 0 Å². The highest BCUT2D eigenvalue weighted by Crippen LogP contribution is 2.34. The zero-order valence-corrected chi connectivity index (χ0v) is 8.94. The zero-order chi connectivity index (χ0) is 9.15. The fourth-order valence-corrected chi connectivity index (χ4v) is 3.14. The molecule has 0 bridgehead atoms. The molecule has 2 fully saturated rings. The molecule has 2 rings (SSSR count). The van der Waals surface area contributed by atoms with E-state index >= 15 is 0 Å². The first-order valence-electron chi connectivity index (χ1n) is 6.04. The topological polar surface area (TPSA) is 12.0 Å². The Bertz CT molecular complexity index is 153. The standard InChI is InChI=1S/C12H23N/c1-12(8-4-5-9-13-12)10-11-6-2-3-7-11/h11,13H,2-10H2,1H3. The van der Waals surface area contributed by atoms with Crippen molar-refractivity contribution in [1.29, 1.82) is 0 Å². The second kappa shape index (κ2) is 4.00. The lowest BCUT2D eigenvalue weighted by Crippen LogP contribution is -2.46. The van der Waals surface area contributed by atoms with E-state index in [4.69, 9.17) is 0 Å². The maximum Gasteiger partial charge on any atom is 0.0156 e. The molecule has 0 amide bonds. The molecule has 1 nitrogen and oxygen atoms in total. The van der Waals surface area contributed by atoms with Crippen molar-refractivity contribution in [2.75, 3.05) is 6.54 Å². The molecule has 76 valence electrons. The fourth-order valence-electron chi connectivity index (χ4n) is 3.14. The van der Waals surface area contributed by atoms with E-state index in [1.54, 1.807) is 0 Å². The molecule has 0 spiro atoms. The van der Waals surface area contributed by atoms with E-state index in [1.807, 2.05) is 0 Å². The lowest BCUT2D eigenvalue weighted by Gasteiger charge is -2.37. The maximum absolute atomic E-state index is 3.72. The minimum Gasteiger partial charge on any atom is -0.312 e. The maximum atomic E-state index is 3.72. The molecule has 1 unspecified atom stereocenters. The van der Waals surface area contributed by atoms with Crippen molar-refractivity contribution in [2.45, 2.75) is 63.8 Å². The van der Waals surface area contributed by atoms with Crippen LogP contribution in [0.15, 0.2) is 0 Å². The molecule has 1 aliphatic carbocycles. The summed E-state index contributed by atoms with van der Waals surface area (Å²) in [5.41, 5.74) is 0.493. The molecule has 1 N–H and O–H groups in total. The normalized spacial score (nSPS) is 36.7. The molecular weight excluding hydrogens is 158 g/mol. The highest BCUT2D eigenvalue weighted by atomic mass is 15.0. The molecule has 0 aromatic heterocycles. The molecule has 13 heavy (non-hydrogen) atoms. The Kier molecular flexibility index (Phi) is 2.92. The third kappa shape index (κ3) is 2.46. The van der Waals surface area contributed by atoms with Crippen LogP contribution in [0, 0.1) is 5.92 Å². The molecule has 1 heteroatoms. The van der Waals surface area contributed by atoms with Crippen LogP contribution < -0.4 is 5.32 Å². The number of hydrogen-bond donors (Lipinski definition) is 1. The molecular formula is C12H23N. The zero-order valence-electron chi connectivity index (χ0n) is 8.94. The van der Waals surface area contributed by atoms with E-state index in [1.165, 1.54) is 57.9 Å². The van der Waals surface area contributed by atoms with Crippen molar-refractivity contribution in [1.82, 2.24) is 5.32 Å². The van der Waals surface area contributed by atoms with Crippen LogP contribution in [0.2, 0.25) is 0 Å². The summed E-state index contributed by atoms with van der Waals surface area (Å²) in [6, 6.07) is 0.